The van der Waals surface area contributed by atoms with Crippen LogP contribution in [0.15, 0.2) is 18.2 Å². The van der Waals surface area contributed by atoms with Gasteiger partial charge in [-0.3, -0.25) is 0 Å². The van der Waals surface area contributed by atoms with Crippen molar-refractivity contribution in [3.63, 3.8) is 0 Å². The molecule has 2 rings (SSSR count). The summed E-state index contributed by atoms with van der Waals surface area (Å²) in [5.41, 5.74) is 2.68. The fourth-order valence-corrected chi connectivity index (χ4v) is 2.65. The Labute approximate surface area is 110 Å². The van der Waals surface area contributed by atoms with Crippen molar-refractivity contribution >= 4 is 0 Å². The van der Waals surface area contributed by atoms with Crippen LogP contribution in [0.4, 0.5) is 0 Å². The van der Waals surface area contributed by atoms with Gasteiger partial charge in [-0.1, -0.05) is 6.07 Å². The van der Waals surface area contributed by atoms with Gasteiger partial charge in [-0.2, -0.15) is 0 Å². The van der Waals surface area contributed by atoms with E-state index in [9.17, 15) is 5.11 Å². The van der Waals surface area contributed by atoms with Crippen molar-refractivity contribution in [3.05, 3.63) is 29.3 Å². The van der Waals surface area contributed by atoms with E-state index in [0.717, 1.165) is 25.9 Å². The number of nitrogens with one attached hydrogen (secondary N) is 1. The topological polar surface area (TPSA) is 35.5 Å². The number of aromatic hydroxyl groups is 1. The van der Waals surface area contributed by atoms with Crippen LogP contribution in [0.25, 0.3) is 0 Å². The van der Waals surface area contributed by atoms with Gasteiger partial charge < -0.3 is 15.3 Å². The van der Waals surface area contributed by atoms with Crippen molar-refractivity contribution in [3.8, 4) is 5.75 Å². The van der Waals surface area contributed by atoms with Gasteiger partial charge in [0.2, 0.25) is 0 Å². The third-order valence-corrected chi connectivity index (χ3v) is 3.63. The van der Waals surface area contributed by atoms with Gasteiger partial charge in [0, 0.05) is 6.04 Å². The first-order chi connectivity index (χ1) is 8.66. The number of benzene rings is 1. The number of phenols is 1. The van der Waals surface area contributed by atoms with E-state index in [1.54, 1.807) is 6.07 Å². The van der Waals surface area contributed by atoms with Crippen LogP contribution in [-0.2, 0) is 6.42 Å². The smallest absolute Gasteiger partial charge is 0.115 e. The molecule has 0 amide bonds. The summed E-state index contributed by atoms with van der Waals surface area (Å²) < 4.78 is 0. The van der Waals surface area contributed by atoms with Crippen LogP contribution < -0.4 is 5.32 Å². The highest BCUT2D eigenvalue weighted by Crippen LogP contribution is 2.33. The zero-order valence-corrected chi connectivity index (χ0v) is 11.4. The van der Waals surface area contributed by atoms with E-state index in [2.05, 4.69) is 30.4 Å². The second-order valence-electron chi connectivity index (χ2n) is 5.44. The molecule has 1 aromatic rings. The van der Waals surface area contributed by atoms with Gasteiger partial charge in [-0.15, -0.1) is 0 Å². The maximum Gasteiger partial charge on any atom is 0.115 e. The van der Waals surface area contributed by atoms with Crippen LogP contribution in [0.3, 0.4) is 0 Å². The Bertz CT molecular complexity index is 390. The van der Waals surface area contributed by atoms with Crippen molar-refractivity contribution in [2.75, 3.05) is 27.2 Å². The highest BCUT2D eigenvalue weighted by atomic mass is 16.3. The number of phenolic OH excluding ortho intramolecular Hbond substituents is 1. The van der Waals surface area contributed by atoms with Crippen LogP contribution in [0, 0.1) is 0 Å². The molecule has 3 nitrogen and oxygen atoms in total. The lowest BCUT2D eigenvalue weighted by Gasteiger charge is -2.15. The SMILES string of the molecule is CN(C)CCCCNC1CCc2cc(O)ccc21. The molecule has 1 aromatic carbocycles. The number of fused-ring (bicyclic) bond motifs is 1. The van der Waals surface area contributed by atoms with Crippen LogP contribution in [0.2, 0.25) is 0 Å². The summed E-state index contributed by atoms with van der Waals surface area (Å²) in [5, 5.41) is 13.1. The van der Waals surface area contributed by atoms with Gasteiger partial charge >= 0.3 is 0 Å². The second kappa shape index (κ2) is 6.21. The van der Waals surface area contributed by atoms with E-state index in [1.807, 2.05) is 6.07 Å². The van der Waals surface area contributed by atoms with E-state index in [1.165, 1.54) is 24.0 Å². The number of hydrogen-bond acceptors (Lipinski definition) is 3. The van der Waals surface area contributed by atoms with Gasteiger partial charge in [0.05, 0.1) is 0 Å². The molecule has 0 radical (unpaired) electrons. The summed E-state index contributed by atoms with van der Waals surface area (Å²) >= 11 is 0. The molecule has 0 saturated heterocycles. The van der Waals surface area contributed by atoms with E-state index in [0.29, 0.717) is 11.8 Å². The lowest BCUT2D eigenvalue weighted by molar-refractivity contribution is 0.387. The van der Waals surface area contributed by atoms with Crippen LogP contribution in [0.1, 0.15) is 36.4 Å². The largest absolute Gasteiger partial charge is 0.508 e. The molecule has 0 spiro atoms. The molecule has 1 atom stereocenters. The third kappa shape index (κ3) is 3.47. The molecule has 18 heavy (non-hydrogen) atoms. The number of aryl methyl sites for hydroxylation is 1. The van der Waals surface area contributed by atoms with Crippen molar-refractivity contribution in [1.82, 2.24) is 10.2 Å². The molecule has 1 unspecified atom stereocenters. The first-order valence-corrected chi connectivity index (χ1v) is 6.87. The summed E-state index contributed by atoms with van der Waals surface area (Å²) in [6.07, 6.45) is 4.71. The first kappa shape index (κ1) is 13.4. The number of rotatable bonds is 6. The predicted molar refractivity (Wildman–Crippen MR) is 75.0 cm³/mol. The Morgan fingerprint density at radius 2 is 2.17 bits per heavy atom. The van der Waals surface area contributed by atoms with E-state index in [4.69, 9.17) is 0 Å². The minimum Gasteiger partial charge on any atom is -0.508 e. The molecule has 2 N–H and O–H groups in total. The Kier molecular flexibility index (Phi) is 4.61. The van der Waals surface area contributed by atoms with Crippen molar-refractivity contribution in [2.24, 2.45) is 0 Å². The minimum atomic E-state index is 0.389. The van der Waals surface area contributed by atoms with Gasteiger partial charge in [0.25, 0.3) is 0 Å². The fourth-order valence-electron chi connectivity index (χ4n) is 2.65. The maximum absolute atomic E-state index is 9.46. The number of hydrogen-bond donors (Lipinski definition) is 2. The van der Waals surface area contributed by atoms with E-state index in [-0.39, 0.29) is 0 Å². The molecule has 100 valence electrons. The van der Waals surface area contributed by atoms with Crippen LogP contribution in [0.5, 0.6) is 5.75 Å². The molecule has 0 heterocycles. The average Bonchev–Trinajstić information content (AvgIpc) is 2.70. The fraction of sp³-hybridized carbons (Fsp3) is 0.600. The highest BCUT2D eigenvalue weighted by Gasteiger charge is 2.21. The molecule has 3 heteroatoms. The number of unbranched alkanes of at least 4 members (excludes halogenated alkanes) is 1. The normalized spacial score (nSPS) is 18.3. The Balaban J connectivity index is 1.76. The van der Waals surface area contributed by atoms with Gasteiger partial charge in [-0.25, -0.2) is 0 Å². The van der Waals surface area contributed by atoms with Crippen molar-refractivity contribution in [2.45, 2.75) is 31.7 Å². The molecular weight excluding hydrogens is 224 g/mol. The zero-order valence-electron chi connectivity index (χ0n) is 11.4. The van der Waals surface area contributed by atoms with E-state index < -0.39 is 0 Å². The van der Waals surface area contributed by atoms with Gasteiger partial charge in [0.1, 0.15) is 5.75 Å². The molecular formula is C15H24N2O. The van der Waals surface area contributed by atoms with E-state index >= 15 is 0 Å². The summed E-state index contributed by atoms with van der Waals surface area (Å²) in [5.74, 6) is 0.389. The van der Waals surface area contributed by atoms with Crippen LogP contribution >= 0.6 is 0 Å². The molecule has 0 saturated carbocycles. The summed E-state index contributed by atoms with van der Waals surface area (Å²) in [4.78, 5) is 2.23. The van der Waals surface area contributed by atoms with Gasteiger partial charge in [0.15, 0.2) is 0 Å². The van der Waals surface area contributed by atoms with Crippen molar-refractivity contribution < 1.29 is 5.11 Å². The summed E-state index contributed by atoms with van der Waals surface area (Å²) in [7, 11) is 4.24. The molecule has 0 aliphatic heterocycles. The zero-order chi connectivity index (χ0) is 13.0. The predicted octanol–water partition coefficient (Wildman–Crippen LogP) is 2.31. The number of nitrogens with zero attached hydrogens (tertiary/aromatic N) is 1. The summed E-state index contributed by atoms with van der Waals surface area (Å²) in [6.45, 7) is 2.25. The molecule has 0 fully saturated rings. The molecule has 0 bridgehead atoms. The van der Waals surface area contributed by atoms with Crippen LogP contribution in [-0.4, -0.2) is 37.2 Å². The molecule has 1 aliphatic rings. The third-order valence-electron chi connectivity index (χ3n) is 3.63. The lowest BCUT2D eigenvalue weighted by Crippen LogP contribution is -2.21. The lowest BCUT2D eigenvalue weighted by atomic mass is 10.1. The standard InChI is InChI=1S/C15H24N2O/c1-17(2)10-4-3-9-16-15-8-5-12-11-13(18)6-7-14(12)15/h6-7,11,15-16,18H,3-5,8-10H2,1-2H3. The second-order valence-corrected chi connectivity index (χ2v) is 5.44. The quantitative estimate of drug-likeness (QED) is 0.758. The average molecular weight is 248 g/mol. The Morgan fingerprint density at radius 1 is 1.33 bits per heavy atom. The molecule has 0 aromatic heterocycles. The Morgan fingerprint density at radius 3 is 2.94 bits per heavy atom. The highest BCUT2D eigenvalue weighted by molar-refractivity contribution is 5.39. The van der Waals surface area contributed by atoms with Crippen molar-refractivity contribution in [1.29, 1.82) is 0 Å². The molecule has 1 aliphatic carbocycles. The summed E-state index contributed by atoms with van der Waals surface area (Å²) in [6, 6.07) is 6.25. The monoisotopic (exact) mass is 248 g/mol. The maximum atomic E-state index is 9.46. The first-order valence-electron chi connectivity index (χ1n) is 6.87. The van der Waals surface area contributed by atoms with Gasteiger partial charge in [-0.05, 0) is 76.1 Å². The Hall–Kier alpha value is -1.06. The minimum absolute atomic E-state index is 0.389.